The molecule has 0 amide bonds. The SMILES string of the molecule is CCCNCCN(C)CCC(C)CC. The van der Waals surface area contributed by atoms with Crippen molar-refractivity contribution in [2.24, 2.45) is 5.92 Å². The monoisotopic (exact) mass is 200 g/mol. The number of rotatable bonds is 9. The molecule has 86 valence electrons. The summed E-state index contributed by atoms with van der Waals surface area (Å²) in [5, 5.41) is 3.43. The Balaban J connectivity index is 3.23. The number of hydrogen-bond donors (Lipinski definition) is 1. The van der Waals surface area contributed by atoms with E-state index in [0.29, 0.717) is 0 Å². The molecule has 1 N–H and O–H groups in total. The summed E-state index contributed by atoms with van der Waals surface area (Å²) in [7, 11) is 2.22. The highest BCUT2D eigenvalue weighted by atomic mass is 15.1. The molecule has 1 atom stereocenters. The molecule has 0 aromatic heterocycles. The molecular weight excluding hydrogens is 172 g/mol. The van der Waals surface area contributed by atoms with Gasteiger partial charge in [0.15, 0.2) is 0 Å². The van der Waals surface area contributed by atoms with Crippen LogP contribution in [-0.4, -0.2) is 38.1 Å². The van der Waals surface area contributed by atoms with E-state index in [1.807, 2.05) is 0 Å². The summed E-state index contributed by atoms with van der Waals surface area (Å²) >= 11 is 0. The Kier molecular flexibility index (Phi) is 9.42. The lowest BCUT2D eigenvalue weighted by Crippen LogP contribution is -2.30. The Hall–Kier alpha value is -0.0800. The minimum Gasteiger partial charge on any atom is -0.315 e. The Morgan fingerprint density at radius 1 is 1.14 bits per heavy atom. The highest BCUT2D eigenvalue weighted by Gasteiger charge is 2.01. The van der Waals surface area contributed by atoms with Gasteiger partial charge in [0, 0.05) is 13.1 Å². The lowest BCUT2D eigenvalue weighted by Gasteiger charge is -2.18. The first-order valence-electron chi connectivity index (χ1n) is 6.09. The highest BCUT2D eigenvalue weighted by Crippen LogP contribution is 2.06. The van der Waals surface area contributed by atoms with Gasteiger partial charge in [0.1, 0.15) is 0 Å². The van der Waals surface area contributed by atoms with Crippen molar-refractivity contribution in [3.05, 3.63) is 0 Å². The van der Waals surface area contributed by atoms with Crippen molar-refractivity contribution in [3.8, 4) is 0 Å². The van der Waals surface area contributed by atoms with Gasteiger partial charge in [-0.3, -0.25) is 0 Å². The van der Waals surface area contributed by atoms with Crippen LogP contribution >= 0.6 is 0 Å². The molecule has 0 heterocycles. The largest absolute Gasteiger partial charge is 0.315 e. The van der Waals surface area contributed by atoms with Crippen LogP contribution in [0.4, 0.5) is 0 Å². The first-order chi connectivity index (χ1) is 6.70. The fraction of sp³-hybridized carbons (Fsp3) is 1.00. The molecule has 0 aliphatic carbocycles. The van der Waals surface area contributed by atoms with Crippen LogP contribution in [0.1, 0.15) is 40.0 Å². The van der Waals surface area contributed by atoms with Crippen molar-refractivity contribution in [2.45, 2.75) is 40.0 Å². The molecule has 0 spiro atoms. The molecule has 0 aliphatic rings. The lowest BCUT2D eigenvalue weighted by molar-refractivity contribution is 0.302. The zero-order valence-corrected chi connectivity index (χ0v) is 10.5. The smallest absolute Gasteiger partial charge is 0.0104 e. The normalized spacial score (nSPS) is 13.5. The Morgan fingerprint density at radius 2 is 1.86 bits per heavy atom. The molecule has 0 aromatic rings. The molecular formula is C12H28N2. The van der Waals surface area contributed by atoms with E-state index in [1.165, 1.54) is 32.4 Å². The van der Waals surface area contributed by atoms with E-state index in [-0.39, 0.29) is 0 Å². The highest BCUT2D eigenvalue weighted by molar-refractivity contribution is 4.57. The summed E-state index contributed by atoms with van der Waals surface area (Å²) < 4.78 is 0. The summed E-state index contributed by atoms with van der Waals surface area (Å²) in [5.41, 5.74) is 0. The molecule has 0 saturated carbocycles. The zero-order chi connectivity index (χ0) is 10.8. The average Bonchev–Trinajstić information content (AvgIpc) is 2.21. The Bertz CT molecular complexity index is 115. The third kappa shape index (κ3) is 8.52. The zero-order valence-electron chi connectivity index (χ0n) is 10.5. The van der Waals surface area contributed by atoms with Gasteiger partial charge in [-0.2, -0.15) is 0 Å². The number of nitrogens with zero attached hydrogens (tertiary/aromatic N) is 1. The van der Waals surface area contributed by atoms with Gasteiger partial charge in [0.2, 0.25) is 0 Å². The van der Waals surface area contributed by atoms with Gasteiger partial charge in [-0.25, -0.2) is 0 Å². The van der Waals surface area contributed by atoms with Crippen molar-refractivity contribution in [1.82, 2.24) is 10.2 Å². The van der Waals surface area contributed by atoms with Crippen molar-refractivity contribution in [2.75, 3.05) is 33.2 Å². The molecule has 0 aromatic carbocycles. The van der Waals surface area contributed by atoms with Crippen molar-refractivity contribution < 1.29 is 0 Å². The molecule has 2 heteroatoms. The van der Waals surface area contributed by atoms with Crippen LogP contribution in [0, 0.1) is 5.92 Å². The van der Waals surface area contributed by atoms with Crippen LogP contribution in [0.2, 0.25) is 0 Å². The minimum atomic E-state index is 0.876. The van der Waals surface area contributed by atoms with E-state index in [1.54, 1.807) is 0 Å². The van der Waals surface area contributed by atoms with Crippen molar-refractivity contribution in [1.29, 1.82) is 0 Å². The van der Waals surface area contributed by atoms with E-state index in [0.717, 1.165) is 19.0 Å². The van der Waals surface area contributed by atoms with Crippen molar-refractivity contribution >= 4 is 0 Å². The molecule has 1 unspecified atom stereocenters. The summed E-state index contributed by atoms with van der Waals surface area (Å²) in [6, 6.07) is 0. The topological polar surface area (TPSA) is 15.3 Å². The second-order valence-electron chi connectivity index (χ2n) is 4.36. The van der Waals surface area contributed by atoms with Gasteiger partial charge in [-0.1, -0.05) is 27.2 Å². The summed E-state index contributed by atoms with van der Waals surface area (Å²) in [6.07, 6.45) is 3.87. The molecule has 0 rings (SSSR count). The maximum Gasteiger partial charge on any atom is 0.0104 e. The number of likely N-dealkylation sites (N-methyl/N-ethyl adjacent to an activating group) is 1. The van der Waals surface area contributed by atoms with Crippen molar-refractivity contribution in [3.63, 3.8) is 0 Å². The van der Waals surface area contributed by atoms with Gasteiger partial charge in [-0.05, 0) is 38.9 Å². The van der Waals surface area contributed by atoms with Crippen LogP contribution in [0.25, 0.3) is 0 Å². The first-order valence-corrected chi connectivity index (χ1v) is 6.09. The third-order valence-corrected chi connectivity index (χ3v) is 2.80. The molecule has 14 heavy (non-hydrogen) atoms. The predicted octanol–water partition coefficient (Wildman–Crippen LogP) is 2.35. The number of nitrogens with one attached hydrogen (secondary N) is 1. The van der Waals surface area contributed by atoms with Crippen LogP contribution < -0.4 is 5.32 Å². The Morgan fingerprint density at radius 3 is 2.43 bits per heavy atom. The fourth-order valence-electron chi connectivity index (χ4n) is 1.33. The predicted molar refractivity (Wildman–Crippen MR) is 64.7 cm³/mol. The molecule has 0 radical (unpaired) electrons. The van der Waals surface area contributed by atoms with Crippen LogP contribution in [-0.2, 0) is 0 Å². The van der Waals surface area contributed by atoms with E-state index in [4.69, 9.17) is 0 Å². The van der Waals surface area contributed by atoms with E-state index < -0.39 is 0 Å². The molecule has 0 aliphatic heterocycles. The van der Waals surface area contributed by atoms with Crippen LogP contribution in [0.15, 0.2) is 0 Å². The summed E-state index contributed by atoms with van der Waals surface area (Å²) in [5.74, 6) is 0.876. The van der Waals surface area contributed by atoms with Gasteiger partial charge in [0.25, 0.3) is 0 Å². The van der Waals surface area contributed by atoms with Gasteiger partial charge < -0.3 is 10.2 Å². The standard InChI is InChI=1S/C12H28N2/c1-5-8-13-9-11-14(4)10-7-12(3)6-2/h12-13H,5-11H2,1-4H3. The third-order valence-electron chi connectivity index (χ3n) is 2.80. The van der Waals surface area contributed by atoms with Crippen LogP contribution in [0.3, 0.4) is 0 Å². The van der Waals surface area contributed by atoms with Gasteiger partial charge in [-0.15, -0.1) is 0 Å². The van der Waals surface area contributed by atoms with Crippen LogP contribution in [0.5, 0.6) is 0 Å². The van der Waals surface area contributed by atoms with E-state index >= 15 is 0 Å². The first kappa shape index (κ1) is 13.9. The van der Waals surface area contributed by atoms with E-state index in [2.05, 4.69) is 38.0 Å². The molecule has 0 saturated heterocycles. The quantitative estimate of drug-likeness (QED) is 0.575. The minimum absolute atomic E-state index is 0.876. The summed E-state index contributed by atoms with van der Waals surface area (Å²) in [6.45, 7) is 11.5. The molecule has 0 bridgehead atoms. The summed E-state index contributed by atoms with van der Waals surface area (Å²) in [4.78, 5) is 2.43. The van der Waals surface area contributed by atoms with E-state index in [9.17, 15) is 0 Å². The second kappa shape index (κ2) is 9.47. The maximum absolute atomic E-state index is 3.43. The fourth-order valence-corrected chi connectivity index (χ4v) is 1.33. The lowest BCUT2D eigenvalue weighted by atomic mass is 10.1. The molecule has 2 nitrogen and oxygen atoms in total. The Labute approximate surface area is 90.1 Å². The molecule has 0 fully saturated rings. The number of hydrogen-bond acceptors (Lipinski definition) is 2. The van der Waals surface area contributed by atoms with Gasteiger partial charge in [0.05, 0.1) is 0 Å². The van der Waals surface area contributed by atoms with Gasteiger partial charge >= 0.3 is 0 Å². The average molecular weight is 200 g/mol. The maximum atomic E-state index is 3.43. The second-order valence-corrected chi connectivity index (χ2v) is 4.36.